The first-order valence-corrected chi connectivity index (χ1v) is 6.95. The molecule has 1 saturated heterocycles. The Morgan fingerprint density at radius 1 is 1.24 bits per heavy atom. The summed E-state index contributed by atoms with van der Waals surface area (Å²) in [6.07, 6.45) is 1.70. The van der Waals surface area contributed by atoms with Crippen LogP contribution in [0.3, 0.4) is 0 Å². The number of H-pyrrole nitrogens is 1. The van der Waals surface area contributed by atoms with Crippen LogP contribution in [-0.2, 0) is 0 Å². The van der Waals surface area contributed by atoms with Crippen molar-refractivity contribution in [1.29, 1.82) is 0 Å². The molecule has 0 saturated carbocycles. The van der Waals surface area contributed by atoms with Crippen molar-refractivity contribution in [1.82, 2.24) is 15.3 Å². The number of hydrogen-bond acceptors (Lipinski definition) is 4. The number of aromatic hydroxyl groups is 1. The number of piperidine rings is 1. The predicted molar refractivity (Wildman–Crippen MR) is 76.8 cm³/mol. The topological polar surface area (TPSA) is 78.0 Å². The van der Waals surface area contributed by atoms with Gasteiger partial charge in [0.15, 0.2) is 0 Å². The molecular weight excluding hydrogens is 273 g/mol. The zero-order valence-electron chi connectivity index (χ0n) is 11.4. The maximum absolute atomic E-state index is 13.8. The summed E-state index contributed by atoms with van der Waals surface area (Å²) in [5.41, 5.74) is -0.576. The molecule has 2 heterocycles. The van der Waals surface area contributed by atoms with Crippen molar-refractivity contribution in [3.05, 3.63) is 46.3 Å². The van der Waals surface area contributed by atoms with E-state index in [0.29, 0.717) is 5.82 Å². The van der Waals surface area contributed by atoms with E-state index >= 15 is 0 Å². The number of rotatable bonds is 2. The van der Waals surface area contributed by atoms with Gasteiger partial charge in [0.2, 0.25) is 5.88 Å². The second-order valence-electron chi connectivity index (χ2n) is 5.15. The maximum atomic E-state index is 13.8. The maximum Gasteiger partial charge on any atom is 0.262 e. The third kappa shape index (κ3) is 2.67. The van der Waals surface area contributed by atoms with E-state index in [1.807, 2.05) is 0 Å². The molecular formula is C15H16FN3O2. The SMILES string of the molecule is O=c1[nH]c(C2CCNCC2)nc(O)c1-c1ccccc1F. The molecule has 1 aliphatic rings. The van der Waals surface area contributed by atoms with E-state index < -0.39 is 17.3 Å². The lowest BCUT2D eigenvalue weighted by Crippen LogP contribution is -2.28. The molecule has 0 atom stereocenters. The van der Waals surface area contributed by atoms with Gasteiger partial charge in [0.25, 0.3) is 5.56 Å². The Labute approximate surface area is 120 Å². The highest BCUT2D eigenvalue weighted by molar-refractivity contribution is 5.67. The Hall–Kier alpha value is -2.21. The van der Waals surface area contributed by atoms with Gasteiger partial charge in [0.1, 0.15) is 17.2 Å². The number of benzene rings is 1. The number of hydrogen-bond donors (Lipinski definition) is 3. The third-order valence-electron chi connectivity index (χ3n) is 3.79. The summed E-state index contributed by atoms with van der Waals surface area (Å²) >= 11 is 0. The van der Waals surface area contributed by atoms with Crippen molar-refractivity contribution in [2.75, 3.05) is 13.1 Å². The summed E-state index contributed by atoms with van der Waals surface area (Å²) in [4.78, 5) is 19.0. The Bertz CT molecular complexity index is 708. The summed E-state index contributed by atoms with van der Waals surface area (Å²) in [5.74, 6) is -0.397. The molecule has 3 rings (SSSR count). The van der Waals surface area contributed by atoms with Crippen LogP contribution in [0, 0.1) is 5.82 Å². The lowest BCUT2D eigenvalue weighted by molar-refractivity contribution is 0.419. The second kappa shape index (κ2) is 5.65. The van der Waals surface area contributed by atoms with Gasteiger partial charge in [0.05, 0.1) is 0 Å². The highest BCUT2D eigenvalue weighted by atomic mass is 19.1. The molecule has 0 radical (unpaired) electrons. The Kier molecular flexibility index (Phi) is 3.70. The second-order valence-corrected chi connectivity index (χ2v) is 5.15. The highest BCUT2D eigenvalue weighted by Gasteiger charge is 2.21. The van der Waals surface area contributed by atoms with Crippen LogP contribution in [0.15, 0.2) is 29.1 Å². The Morgan fingerprint density at radius 2 is 1.95 bits per heavy atom. The molecule has 1 aromatic heterocycles. The van der Waals surface area contributed by atoms with Crippen molar-refractivity contribution in [2.45, 2.75) is 18.8 Å². The first-order chi connectivity index (χ1) is 10.2. The standard InChI is InChI=1S/C15H16FN3O2/c16-11-4-2-1-3-10(11)12-14(20)18-13(19-15(12)21)9-5-7-17-8-6-9/h1-4,9,17H,5-8H2,(H2,18,19,20,21). The van der Waals surface area contributed by atoms with Gasteiger partial charge < -0.3 is 15.4 Å². The third-order valence-corrected chi connectivity index (χ3v) is 3.79. The Morgan fingerprint density at radius 3 is 2.62 bits per heavy atom. The van der Waals surface area contributed by atoms with Crippen LogP contribution in [0.5, 0.6) is 5.88 Å². The molecule has 0 amide bonds. The zero-order chi connectivity index (χ0) is 14.8. The van der Waals surface area contributed by atoms with Crippen molar-refractivity contribution in [3.63, 3.8) is 0 Å². The van der Waals surface area contributed by atoms with E-state index in [2.05, 4.69) is 15.3 Å². The van der Waals surface area contributed by atoms with Crippen LogP contribution in [0.4, 0.5) is 4.39 Å². The van der Waals surface area contributed by atoms with Gasteiger partial charge in [-0.3, -0.25) is 4.79 Å². The zero-order valence-corrected chi connectivity index (χ0v) is 11.4. The van der Waals surface area contributed by atoms with E-state index in [1.165, 1.54) is 18.2 Å². The van der Waals surface area contributed by atoms with Crippen LogP contribution in [-0.4, -0.2) is 28.2 Å². The minimum absolute atomic E-state index is 0.0561. The minimum atomic E-state index is -0.560. The molecule has 21 heavy (non-hydrogen) atoms. The molecule has 1 aromatic carbocycles. The van der Waals surface area contributed by atoms with Crippen molar-refractivity contribution < 1.29 is 9.50 Å². The minimum Gasteiger partial charge on any atom is -0.493 e. The fraction of sp³-hybridized carbons (Fsp3) is 0.333. The van der Waals surface area contributed by atoms with E-state index in [1.54, 1.807) is 6.07 Å². The summed E-state index contributed by atoms with van der Waals surface area (Å²) < 4.78 is 13.8. The molecule has 0 bridgehead atoms. The molecule has 0 unspecified atom stereocenters. The van der Waals surface area contributed by atoms with E-state index in [4.69, 9.17) is 0 Å². The Balaban J connectivity index is 2.05. The number of nitrogens with zero attached hydrogens (tertiary/aromatic N) is 1. The van der Waals surface area contributed by atoms with Crippen molar-refractivity contribution >= 4 is 0 Å². The number of nitrogens with one attached hydrogen (secondary N) is 2. The summed E-state index contributed by atoms with van der Waals surface area (Å²) in [7, 11) is 0. The normalized spacial score (nSPS) is 16.0. The fourth-order valence-corrected chi connectivity index (χ4v) is 2.67. The van der Waals surface area contributed by atoms with Gasteiger partial charge in [-0.2, -0.15) is 4.98 Å². The molecule has 1 fully saturated rings. The average Bonchev–Trinajstić information content (AvgIpc) is 2.49. The van der Waals surface area contributed by atoms with Crippen LogP contribution < -0.4 is 10.9 Å². The van der Waals surface area contributed by atoms with Crippen LogP contribution in [0.25, 0.3) is 11.1 Å². The van der Waals surface area contributed by atoms with Crippen molar-refractivity contribution in [3.8, 4) is 17.0 Å². The van der Waals surface area contributed by atoms with E-state index in [-0.39, 0.29) is 17.0 Å². The quantitative estimate of drug-likeness (QED) is 0.787. The molecule has 0 aliphatic carbocycles. The van der Waals surface area contributed by atoms with E-state index in [0.717, 1.165) is 25.9 Å². The number of halogens is 1. The van der Waals surface area contributed by atoms with Gasteiger partial charge in [-0.1, -0.05) is 18.2 Å². The first kappa shape index (κ1) is 13.8. The van der Waals surface area contributed by atoms with Gasteiger partial charge >= 0.3 is 0 Å². The summed E-state index contributed by atoms with van der Waals surface area (Å²) in [6, 6.07) is 5.83. The number of aromatic nitrogens is 2. The van der Waals surface area contributed by atoms with Gasteiger partial charge in [0, 0.05) is 11.5 Å². The molecule has 0 spiro atoms. The lowest BCUT2D eigenvalue weighted by Gasteiger charge is -2.21. The van der Waals surface area contributed by atoms with Gasteiger partial charge in [-0.15, -0.1) is 0 Å². The molecule has 1 aliphatic heterocycles. The van der Waals surface area contributed by atoms with Crippen LogP contribution in [0.2, 0.25) is 0 Å². The molecule has 5 nitrogen and oxygen atoms in total. The average molecular weight is 289 g/mol. The summed E-state index contributed by atoms with van der Waals surface area (Å²) in [6.45, 7) is 1.70. The molecule has 110 valence electrons. The van der Waals surface area contributed by atoms with Crippen LogP contribution >= 0.6 is 0 Å². The van der Waals surface area contributed by atoms with E-state index in [9.17, 15) is 14.3 Å². The largest absolute Gasteiger partial charge is 0.493 e. The highest BCUT2D eigenvalue weighted by Crippen LogP contribution is 2.28. The number of aromatic amines is 1. The molecule has 6 heteroatoms. The molecule has 3 N–H and O–H groups in total. The fourth-order valence-electron chi connectivity index (χ4n) is 2.67. The van der Waals surface area contributed by atoms with Crippen LogP contribution in [0.1, 0.15) is 24.6 Å². The smallest absolute Gasteiger partial charge is 0.262 e. The molecule has 2 aromatic rings. The van der Waals surface area contributed by atoms with Gasteiger partial charge in [-0.25, -0.2) is 4.39 Å². The van der Waals surface area contributed by atoms with Crippen molar-refractivity contribution in [2.24, 2.45) is 0 Å². The lowest BCUT2D eigenvalue weighted by atomic mass is 9.97. The monoisotopic (exact) mass is 289 g/mol. The first-order valence-electron chi connectivity index (χ1n) is 6.95. The predicted octanol–water partition coefficient (Wildman–Crippen LogP) is 1.75. The summed E-state index contributed by atoms with van der Waals surface area (Å²) in [5, 5.41) is 13.3. The van der Waals surface area contributed by atoms with Gasteiger partial charge in [-0.05, 0) is 32.0 Å².